The molecule has 0 saturated heterocycles. The molecule has 0 saturated carbocycles. The van der Waals surface area contributed by atoms with Gasteiger partial charge in [-0.2, -0.15) is 0 Å². The molecule has 0 aromatic heterocycles. The number of carbonyl (C=O) groups excluding carboxylic acids is 1. The van der Waals surface area contributed by atoms with E-state index >= 15 is 0 Å². The Kier molecular flexibility index (Phi) is 3.14. The van der Waals surface area contributed by atoms with Gasteiger partial charge >= 0.3 is 0 Å². The van der Waals surface area contributed by atoms with Crippen molar-refractivity contribution in [2.45, 2.75) is 38.7 Å². The van der Waals surface area contributed by atoms with Gasteiger partial charge < -0.3 is 5.11 Å². The Morgan fingerprint density at radius 3 is 2.62 bits per heavy atom. The molecular formula is C9H12F2O2. The van der Waals surface area contributed by atoms with Crippen molar-refractivity contribution in [1.29, 1.82) is 0 Å². The quantitative estimate of drug-likeness (QED) is 0.735. The predicted molar refractivity (Wildman–Crippen MR) is 43.6 cm³/mol. The molecule has 0 spiro atoms. The summed E-state index contributed by atoms with van der Waals surface area (Å²) in [5, 5.41) is 9.24. The molecule has 0 heterocycles. The lowest BCUT2D eigenvalue weighted by Crippen LogP contribution is -2.03. The Balaban J connectivity index is 2.61. The van der Waals surface area contributed by atoms with Crippen LogP contribution in [-0.4, -0.2) is 23.4 Å². The van der Waals surface area contributed by atoms with E-state index in [2.05, 4.69) is 0 Å². The number of Topliss-reactive ketones (excluding diaryl/α,β-unsaturated/α-hetero) is 1. The van der Waals surface area contributed by atoms with Crippen molar-refractivity contribution in [2.75, 3.05) is 0 Å². The van der Waals surface area contributed by atoms with Crippen LogP contribution in [0.1, 0.15) is 26.2 Å². The first kappa shape index (κ1) is 10.3. The minimum absolute atomic E-state index is 0.0599. The number of allylic oxidation sites excluding steroid dienone is 1. The fourth-order valence-corrected chi connectivity index (χ4v) is 1.46. The van der Waals surface area contributed by atoms with Crippen LogP contribution in [0.25, 0.3) is 0 Å². The Morgan fingerprint density at radius 1 is 1.62 bits per heavy atom. The van der Waals surface area contributed by atoms with Crippen LogP contribution in [0, 0.1) is 0 Å². The van der Waals surface area contributed by atoms with E-state index in [4.69, 9.17) is 0 Å². The molecule has 0 bridgehead atoms. The van der Waals surface area contributed by atoms with Gasteiger partial charge in [-0.05, 0) is 24.5 Å². The maximum Gasteiger partial charge on any atom is 0.239 e. The standard InChI is InChI=1S/C9H12F2O2/c1-5-6(2-3-9(10)11)8(13)4-7(5)12/h7,9,12H,2-4H2,1H3/t7-/m0/s1. The van der Waals surface area contributed by atoms with Crippen molar-refractivity contribution < 1.29 is 18.7 Å². The third-order valence-corrected chi connectivity index (χ3v) is 2.30. The zero-order chi connectivity index (χ0) is 10.0. The summed E-state index contributed by atoms with van der Waals surface area (Å²) < 4.78 is 23.7. The van der Waals surface area contributed by atoms with E-state index in [-0.39, 0.29) is 25.0 Å². The molecule has 1 N–H and O–H groups in total. The second-order valence-electron chi connectivity index (χ2n) is 3.23. The Hall–Kier alpha value is -0.770. The van der Waals surface area contributed by atoms with Crippen LogP contribution in [0.2, 0.25) is 0 Å². The van der Waals surface area contributed by atoms with Gasteiger partial charge in [0.25, 0.3) is 0 Å². The van der Waals surface area contributed by atoms with Crippen LogP contribution in [0.4, 0.5) is 8.78 Å². The molecule has 74 valence electrons. The van der Waals surface area contributed by atoms with E-state index in [0.717, 1.165) is 0 Å². The molecule has 0 unspecified atom stereocenters. The van der Waals surface area contributed by atoms with Crippen LogP contribution in [0.3, 0.4) is 0 Å². The molecule has 0 aromatic carbocycles. The van der Waals surface area contributed by atoms with Gasteiger partial charge in [0.05, 0.1) is 6.10 Å². The number of carbonyl (C=O) groups is 1. The van der Waals surface area contributed by atoms with Crippen molar-refractivity contribution >= 4 is 5.78 Å². The minimum Gasteiger partial charge on any atom is -0.388 e. The lowest BCUT2D eigenvalue weighted by Gasteiger charge is -2.02. The number of hydrogen-bond acceptors (Lipinski definition) is 2. The molecule has 1 atom stereocenters. The smallest absolute Gasteiger partial charge is 0.239 e. The lowest BCUT2D eigenvalue weighted by atomic mass is 10.1. The first-order valence-electron chi connectivity index (χ1n) is 4.21. The van der Waals surface area contributed by atoms with Gasteiger partial charge in [0.15, 0.2) is 5.78 Å². The van der Waals surface area contributed by atoms with E-state index < -0.39 is 12.5 Å². The van der Waals surface area contributed by atoms with Crippen molar-refractivity contribution in [3.63, 3.8) is 0 Å². The molecule has 0 fully saturated rings. The highest BCUT2D eigenvalue weighted by Crippen LogP contribution is 2.27. The van der Waals surface area contributed by atoms with Crippen molar-refractivity contribution in [1.82, 2.24) is 0 Å². The highest BCUT2D eigenvalue weighted by atomic mass is 19.3. The topological polar surface area (TPSA) is 37.3 Å². The minimum atomic E-state index is -2.38. The summed E-state index contributed by atoms with van der Waals surface area (Å²) in [4.78, 5) is 11.1. The Bertz CT molecular complexity index is 246. The molecule has 0 aliphatic heterocycles. The van der Waals surface area contributed by atoms with Crippen molar-refractivity contribution in [2.24, 2.45) is 0 Å². The van der Waals surface area contributed by atoms with E-state index in [1.165, 1.54) is 0 Å². The number of aliphatic hydroxyl groups excluding tert-OH is 1. The summed E-state index contributed by atoms with van der Waals surface area (Å²) in [6, 6.07) is 0. The van der Waals surface area contributed by atoms with Crippen LogP contribution in [-0.2, 0) is 4.79 Å². The van der Waals surface area contributed by atoms with Crippen LogP contribution in [0.5, 0.6) is 0 Å². The molecule has 1 rings (SSSR count). The number of aliphatic hydroxyl groups is 1. The molecule has 1 aliphatic carbocycles. The van der Waals surface area contributed by atoms with Gasteiger partial charge in [-0.15, -0.1) is 0 Å². The number of halogens is 2. The molecule has 4 heteroatoms. The van der Waals surface area contributed by atoms with Crippen LogP contribution < -0.4 is 0 Å². The Morgan fingerprint density at radius 2 is 2.23 bits per heavy atom. The van der Waals surface area contributed by atoms with E-state index in [0.29, 0.717) is 11.1 Å². The summed E-state index contributed by atoms with van der Waals surface area (Å²) in [6.07, 6.45) is -3.29. The van der Waals surface area contributed by atoms with Gasteiger partial charge in [-0.3, -0.25) is 4.79 Å². The molecule has 2 nitrogen and oxygen atoms in total. The van der Waals surface area contributed by atoms with Crippen LogP contribution in [0.15, 0.2) is 11.1 Å². The second kappa shape index (κ2) is 3.96. The highest BCUT2D eigenvalue weighted by Gasteiger charge is 2.27. The third kappa shape index (κ3) is 2.34. The average Bonchev–Trinajstić information content (AvgIpc) is 2.24. The largest absolute Gasteiger partial charge is 0.388 e. The maximum absolute atomic E-state index is 11.8. The van der Waals surface area contributed by atoms with Gasteiger partial charge in [0.2, 0.25) is 6.43 Å². The first-order valence-corrected chi connectivity index (χ1v) is 4.21. The van der Waals surface area contributed by atoms with Gasteiger partial charge in [-0.1, -0.05) is 0 Å². The second-order valence-corrected chi connectivity index (χ2v) is 3.23. The zero-order valence-corrected chi connectivity index (χ0v) is 7.39. The van der Waals surface area contributed by atoms with Crippen molar-refractivity contribution in [3.05, 3.63) is 11.1 Å². The zero-order valence-electron chi connectivity index (χ0n) is 7.39. The fourth-order valence-electron chi connectivity index (χ4n) is 1.46. The summed E-state index contributed by atoms with van der Waals surface area (Å²) in [7, 11) is 0. The fraction of sp³-hybridized carbons (Fsp3) is 0.667. The summed E-state index contributed by atoms with van der Waals surface area (Å²) in [5.74, 6) is -0.189. The number of ketones is 1. The first-order chi connectivity index (χ1) is 6.02. The molecular weight excluding hydrogens is 178 g/mol. The monoisotopic (exact) mass is 190 g/mol. The Labute approximate surface area is 75.3 Å². The average molecular weight is 190 g/mol. The third-order valence-electron chi connectivity index (χ3n) is 2.30. The van der Waals surface area contributed by atoms with Gasteiger partial charge in [-0.25, -0.2) is 8.78 Å². The molecule has 0 amide bonds. The molecule has 0 radical (unpaired) electrons. The predicted octanol–water partition coefficient (Wildman–Crippen LogP) is 1.68. The number of alkyl halides is 2. The maximum atomic E-state index is 11.8. The SMILES string of the molecule is CC1=C(CCC(F)F)C(=O)C[C@@H]1O. The summed E-state index contributed by atoms with van der Waals surface area (Å²) in [6.45, 7) is 1.62. The summed E-state index contributed by atoms with van der Waals surface area (Å²) >= 11 is 0. The number of hydrogen-bond donors (Lipinski definition) is 1. The molecule has 13 heavy (non-hydrogen) atoms. The normalized spacial score (nSPS) is 23.5. The highest BCUT2D eigenvalue weighted by molar-refractivity contribution is 5.99. The van der Waals surface area contributed by atoms with Crippen molar-refractivity contribution in [3.8, 4) is 0 Å². The van der Waals surface area contributed by atoms with Gasteiger partial charge in [0, 0.05) is 12.8 Å². The van der Waals surface area contributed by atoms with E-state index in [1.54, 1.807) is 6.92 Å². The van der Waals surface area contributed by atoms with E-state index in [1.807, 2.05) is 0 Å². The molecule has 1 aliphatic rings. The van der Waals surface area contributed by atoms with Crippen LogP contribution >= 0.6 is 0 Å². The lowest BCUT2D eigenvalue weighted by molar-refractivity contribution is -0.116. The van der Waals surface area contributed by atoms with E-state index in [9.17, 15) is 18.7 Å². The summed E-state index contributed by atoms with van der Waals surface area (Å²) in [5.41, 5.74) is 0.957. The molecule has 0 aromatic rings. The number of rotatable bonds is 3. The van der Waals surface area contributed by atoms with Gasteiger partial charge in [0.1, 0.15) is 0 Å².